The Labute approximate surface area is 202 Å². The zero-order valence-electron chi connectivity index (χ0n) is 19.6. The van der Waals surface area contributed by atoms with Gasteiger partial charge in [-0.1, -0.05) is 50.2 Å². The predicted octanol–water partition coefficient (Wildman–Crippen LogP) is 5.60. The molecular formula is C27H26N6O2. The van der Waals surface area contributed by atoms with Gasteiger partial charge in [0, 0.05) is 5.56 Å². The fraction of sp³-hybridized carbons (Fsp3) is 0.222. The number of benzene rings is 2. The second kappa shape index (κ2) is 8.79. The van der Waals surface area contributed by atoms with Crippen LogP contribution in [0.25, 0.3) is 33.7 Å². The van der Waals surface area contributed by atoms with Crippen molar-refractivity contribution in [3.63, 3.8) is 0 Å². The van der Waals surface area contributed by atoms with Gasteiger partial charge in [-0.3, -0.25) is 5.10 Å². The summed E-state index contributed by atoms with van der Waals surface area (Å²) in [6.07, 6.45) is 1.58. The number of hydrogen-bond donors (Lipinski definition) is 3. The summed E-state index contributed by atoms with van der Waals surface area (Å²) in [5.41, 5.74) is 5.62. The smallest absolute Gasteiger partial charge is 0.161 e. The maximum absolute atomic E-state index is 5.81. The first kappa shape index (κ1) is 21.2. The Bertz CT molecular complexity index is 1470. The summed E-state index contributed by atoms with van der Waals surface area (Å²) in [6.45, 7) is 5.51. The van der Waals surface area contributed by atoms with Crippen molar-refractivity contribution < 1.29 is 9.47 Å². The van der Waals surface area contributed by atoms with E-state index < -0.39 is 0 Å². The number of ether oxygens (including phenoxy) is 2. The molecule has 8 nitrogen and oxygen atoms in total. The predicted molar refractivity (Wildman–Crippen MR) is 136 cm³/mol. The van der Waals surface area contributed by atoms with Gasteiger partial charge in [-0.2, -0.15) is 5.10 Å². The Morgan fingerprint density at radius 2 is 1.71 bits per heavy atom. The van der Waals surface area contributed by atoms with Gasteiger partial charge in [-0.25, -0.2) is 9.97 Å². The maximum atomic E-state index is 5.81. The molecule has 0 amide bonds. The summed E-state index contributed by atoms with van der Waals surface area (Å²) < 4.78 is 11.5. The van der Waals surface area contributed by atoms with Gasteiger partial charge in [0.15, 0.2) is 11.5 Å². The number of aromatic nitrogens is 5. The van der Waals surface area contributed by atoms with Crippen LogP contribution >= 0.6 is 0 Å². The van der Waals surface area contributed by atoms with Crippen molar-refractivity contribution in [2.75, 3.05) is 18.5 Å². The normalized spacial score (nSPS) is 13.8. The van der Waals surface area contributed by atoms with E-state index in [0.29, 0.717) is 19.1 Å². The van der Waals surface area contributed by atoms with Crippen molar-refractivity contribution in [2.45, 2.75) is 19.9 Å². The first-order chi connectivity index (χ1) is 17.2. The van der Waals surface area contributed by atoms with Crippen molar-refractivity contribution in [2.24, 2.45) is 5.92 Å². The first-order valence-electron chi connectivity index (χ1n) is 11.8. The number of rotatable bonds is 6. The summed E-state index contributed by atoms with van der Waals surface area (Å²) in [4.78, 5) is 12.4. The van der Waals surface area contributed by atoms with Gasteiger partial charge in [0.25, 0.3) is 0 Å². The second-order valence-corrected chi connectivity index (χ2v) is 8.97. The third-order valence-electron chi connectivity index (χ3n) is 6.25. The molecule has 35 heavy (non-hydrogen) atoms. The zero-order chi connectivity index (χ0) is 23.8. The first-order valence-corrected chi connectivity index (χ1v) is 11.8. The molecule has 0 bridgehead atoms. The van der Waals surface area contributed by atoms with E-state index in [1.807, 2.05) is 42.5 Å². The van der Waals surface area contributed by atoms with Crippen molar-refractivity contribution in [1.29, 1.82) is 0 Å². The largest absolute Gasteiger partial charge is 0.486 e. The quantitative estimate of drug-likeness (QED) is 0.301. The standard InChI is InChI=1S/C27H26N6O2/c1-16(2)25(18-8-9-23-24(12-18)35-11-10-34-23)31-27-19-13-21(30-26(19)28-15-29-27)22-14-20(32-33-22)17-6-4-3-5-7-17/h3-9,12-16,25H,10-11H2,1-2H3,(H,32,33)(H2,28,29,30,31)/t25-/m1/s1. The Morgan fingerprint density at radius 3 is 2.54 bits per heavy atom. The molecule has 0 spiro atoms. The van der Waals surface area contributed by atoms with Crippen LogP contribution in [0.2, 0.25) is 0 Å². The molecule has 1 aliphatic heterocycles. The molecule has 3 aromatic heterocycles. The molecule has 0 fully saturated rings. The summed E-state index contributed by atoms with van der Waals surface area (Å²) in [5, 5.41) is 12.2. The fourth-order valence-electron chi connectivity index (χ4n) is 4.45. The lowest BCUT2D eigenvalue weighted by molar-refractivity contribution is 0.171. The molecule has 176 valence electrons. The van der Waals surface area contributed by atoms with Gasteiger partial charge in [0.2, 0.25) is 0 Å². The highest BCUT2D eigenvalue weighted by Crippen LogP contribution is 2.37. The highest BCUT2D eigenvalue weighted by Gasteiger charge is 2.22. The van der Waals surface area contributed by atoms with Gasteiger partial charge >= 0.3 is 0 Å². The lowest BCUT2D eigenvalue weighted by atomic mass is 9.95. The van der Waals surface area contributed by atoms with Crippen LogP contribution in [0.3, 0.4) is 0 Å². The molecule has 6 rings (SSSR count). The van der Waals surface area contributed by atoms with Gasteiger partial charge in [-0.15, -0.1) is 0 Å². The van der Waals surface area contributed by atoms with E-state index >= 15 is 0 Å². The summed E-state index contributed by atoms with van der Waals surface area (Å²) in [6, 6.07) is 20.3. The number of anilines is 1. The monoisotopic (exact) mass is 466 g/mol. The number of nitrogens with zero attached hydrogens (tertiary/aromatic N) is 3. The topological polar surface area (TPSA) is 101 Å². The van der Waals surface area contributed by atoms with Crippen LogP contribution < -0.4 is 14.8 Å². The molecule has 5 aromatic rings. The molecule has 0 aliphatic carbocycles. The van der Waals surface area contributed by atoms with E-state index in [4.69, 9.17) is 9.47 Å². The molecule has 0 unspecified atom stereocenters. The number of H-pyrrole nitrogens is 2. The van der Waals surface area contributed by atoms with E-state index in [2.05, 4.69) is 62.5 Å². The van der Waals surface area contributed by atoms with Gasteiger partial charge < -0.3 is 19.8 Å². The third-order valence-corrected chi connectivity index (χ3v) is 6.25. The third kappa shape index (κ3) is 4.07. The van der Waals surface area contributed by atoms with E-state index in [1.54, 1.807) is 6.33 Å². The Morgan fingerprint density at radius 1 is 0.886 bits per heavy atom. The fourth-order valence-corrected chi connectivity index (χ4v) is 4.45. The number of aromatic amines is 2. The Hall–Kier alpha value is -4.33. The lowest BCUT2D eigenvalue weighted by Crippen LogP contribution is -2.19. The Kier molecular flexibility index (Phi) is 5.33. The lowest BCUT2D eigenvalue weighted by Gasteiger charge is -2.26. The number of hydrogen-bond acceptors (Lipinski definition) is 6. The highest BCUT2D eigenvalue weighted by atomic mass is 16.6. The van der Waals surface area contributed by atoms with E-state index in [-0.39, 0.29) is 6.04 Å². The molecule has 2 aromatic carbocycles. The van der Waals surface area contributed by atoms with Gasteiger partial charge in [0.05, 0.1) is 28.5 Å². The van der Waals surface area contributed by atoms with Crippen LogP contribution in [0.15, 0.2) is 67.0 Å². The molecule has 0 radical (unpaired) electrons. The van der Waals surface area contributed by atoms with Crippen molar-refractivity contribution in [3.8, 4) is 34.1 Å². The van der Waals surface area contributed by atoms with Gasteiger partial charge in [-0.05, 0) is 35.7 Å². The highest BCUT2D eigenvalue weighted by molar-refractivity contribution is 5.91. The molecule has 8 heteroatoms. The molecule has 0 saturated carbocycles. The average Bonchev–Trinajstić information content (AvgIpc) is 3.55. The minimum atomic E-state index is 0.0270. The number of nitrogens with one attached hydrogen (secondary N) is 3. The van der Waals surface area contributed by atoms with Crippen LogP contribution in [0.1, 0.15) is 25.5 Å². The van der Waals surface area contributed by atoms with Crippen molar-refractivity contribution in [1.82, 2.24) is 25.1 Å². The van der Waals surface area contributed by atoms with Crippen LogP contribution in [0, 0.1) is 5.92 Å². The van der Waals surface area contributed by atoms with Crippen LogP contribution in [0.5, 0.6) is 11.5 Å². The SMILES string of the molecule is CC(C)[C@@H](Nc1ncnc2[nH]c(-c3cc(-c4ccccc4)n[nH]3)cc12)c1ccc2c(c1)OCCO2. The van der Waals surface area contributed by atoms with Gasteiger partial charge in [0.1, 0.15) is 31.0 Å². The molecule has 0 saturated heterocycles. The molecular weight excluding hydrogens is 440 g/mol. The minimum Gasteiger partial charge on any atom is -0.486 e. The Balaban J connectivity index is 1.32. The van der Waals surface area contributed by atoms with Crippen LogP contribution in [0.4, 0.5) is 5.82 Å². The van der Waals surface area contributed by atoms with Crippen molar-refractivity contribution in [3.05, 3.63) is 72.6 Å². The van der Waals surface area contributed by atoms with Crippen molar-refractivity contribution >= 4 is 16.9 Å². The van der Waals surface area contributed by atoms with E-state index in [0.717, 1.165) is 56.6 Å². The second-order valence-electron chi connectivity index (χ2n) is 8.97. The van der Waals surface area contributed by atoms with E-state index in [1.165, 1.54) is 0 Å². The molecule has 1 atom stereocenters. The molecule has 1 aliphatic rings. The summed E-state index contributed by atoms with van der Waals surface area (Å²) >= 11 is 0. The maximum Gasteiger partial charge on any atom is 0.161 e. The summed E-state index contributed by atoms with van der Waals surface area (Å²) in [5.74, 6) is 2.65. The minimum absolute atomic E-state index is 0.0270. The zero-order valence-corrected chi connectivity index (χ0v) is 19.6. The van der Waals surface area contributed by atoms with E-state index in [9.17, 15) is 0 Å². The molecule has 3 N–H and O–H groups in total. The van der Waals surface area contributed by atoms with Crippen LogP contribution in [-0.2, 0) is 0 Å². The number of fused-ring (bicyclic) bond motifs is 2. The van der Waals surface area contributed by atoms with Crippen LogP contribution in [-0.4, -0.2) is 38.4 Å². The summed E-state index contributed by atoms with van der Waals surface area (Å²) in [7, 11) is 0. The molecule has 4 heterocycles. The average molecular weight is 467 g/mol.